The molecule has 3 fully saturated rings. The molecule has 0 aromatic carbocycles. The number of allylic oxidation sites excluding steroid dienone is 4. The fourth-order valence-electron chi connectivity index (χ4n) is 6.83. The zero-order valence-electron chi connectivity index (χ0n) is 22.5. The van der Waals surface area contributed by atoms with Crippen LogP contribution in [0.5, 0.6) is 0 Å². The number of aliphatic hydroxyl groups excluding tert-OH is 3. The molecule has 3 rings (SSSR count). The number of ether oxygens (including phenoxy) is 1. The minimum atomic E-state index is -0.970. The number of fused-ring (bicyclic) bond motifs is 1. The molecule has 3 aliphatic rings. The van der Waals surface area contributed by atoms with E-state index in [1.807, 2.05) is 6.92 Å². The number of rotatable bonds is 8. The minimum Gasteiger partial charge on any atom is -0.465 e. The van der Waals surface area contributed by atoms with Gasteiger partial charge < -0.3 is 20.1 Å². The van der Waals surface area contributed by atoms with Gasteiger partial charge in [-0.25, -0.2) is 0 Å². The molecule has 0 amide bonds. The largest absolute Gasteiger partial charge is 0.465 e. The molecule has 198 valence electrons. The number of carbonyl (C=O) groups is 1. The third-order valence-electron chi connectivity index (χ3n) is 9.05. The van der Waals surface area contributed by atoms with Gasteiger partial charge in [-0.1, -0.05) is 56.2 Å². The predicted molar refractivity (Wildman–Crippen MR) is 140 cm³/mol. The van der Waals surface area contributed by atoms with Crippen molar-refractivity contribution in [3.05, 3.63) is 35.5 Å². The van der Waals surface area contributed by atoms with Crippen molar-refractivity contribution >= 4 is 5.97 Å². The molecule has 3 N–H and O–H groups in total. The van der Waals surface area contributed by atoms with Crippen LogP contribution in [0, 0.1) is 28.6 Å². The van der Waals surface area contributed by atoms with E-state index in [1.54, 1.807) is 19.9 Å². The van der Waals surface area contributed by atoms with Crippen LogP contribution in [-0.4, -0.2) is 46.2 Å². The second kappa shape index (κ2) is 11.7. The van der Waals surface area contributed by atoms with Crippen molar-refractivity contribution in [1.29, 1.82) is 0 Å². The lowest BCUT2D eigenvalue weighted by Crippen LogP contribution is -2.38. The molecule has 3 saturated carbocycles. The molecule has 5 heteroatoms. The number of carbonyl (C=O) groups excluding carboxylic acids is 1. The lowest BCUT2D eigenvalue weighted by Gasteiger charge is -2.44. The lowest BCUT2D eigenvalue weighted by molar-refractivity contribution is -0.158. The maximum Gasteiger partial charge on any atom is 0.314 e. The maximum atomic E-state index is 12.4. The van der Waals surface area contributed by atoms with Gasteiger partial charge in [-0.05, 0) is 94.8 Å². The molecule has 3 aliphatic carbocycles. The highest BCUT2D eigenvalue weighted by atomic mass is 16.5. The van der Waals surface area contributed by atoms with E-state index in [4.69, 9.17) is 4.74 Å². The Morgan fingerprint density at radius 2 is 1.86 bits per heavy atom. The van der Waals surface area contributed by atoms with Gasteiger partial charge in [0.05, 0.1) is 30.3 Å². The third kappa shape index (κ3) is 6.47. The average Bonchev–Trinajstić information content (AvgIpc) is 3.16. The van der Waals surface area contributed by atoms with Crippen molar-refractivity contribution in [1.82, 2.24) is 0 Å². The zero-order chi connectivity index (χ0) is 25.8. The summed E-state index contributed by atoms with van der Waals surface area (Å²) in [5.41, 5.74) is 1.91. The van der Waals surface area contributed by atoms with E-state index >= 15 is 0 Å². The van der Waals surface area contributed by atoms with Crippen LogP contribution in [0.3, 0.4) is 0 Å². The Balaban J connectivity index is 1.68. The summed E-state index contributed by atoms with van der Waals surface area (Å²) in [5.74, 6) is 1.04. The number of esters is 1. The summed E-state index contributed by atoms with van der Waals surface area (Å²) in [5, 5.41) is 30.8. The van der Waals surface area contributed by atoms with Gasteiger partial charge in [-0.2, -0.15) is 0 Å². The summed E-state index contributed by atoms with van der Waals surface area (Å²) in [6.45, 7) is 10.5. The first-order valence-electron chi connectivity index (χ1n) is 13.8. The van der Waals surface area contributed by atoms with Crippen LogP contribution in [0.25, 0.3) is 0 Å². The maximum absolute atomic E-state index is 12.4. The van der Waals surface area contributed by atoms with E-state index < -0.39 is 23.7 Å². The number of aliphatic hydroxyl groups is 3. The Kier molecular flexibility index (Phi) is 9.45. The summed E-state index contributed by atoms with van der Waals surface area (Å²) in [4.78, 5) is 12.4. The van der Waals surface area contributed by atoms with Gasteiger partial charge in [0.1, 0.15) is 0 Å². The number of hydrogen-bond donors (Lipinski definition) is 3. The smallest absolute Gasteiger partial charge is 0.314 e. The van der Waals surface area contributed by atoms with Crippen molar-refractivity contribution < 1.29 is 24.9 Å². The first kappa shape index (κ1) is 28.1. The predicted octanol–water partition coefficient (Wildman–Crippen LogP) is 5.49. The van der Waals surface area contributed by atoms with Crippen molar-refractivity contribution in [2.24, 2.45) is 28.6 Å². The highest BCUT2D eigenvalue weighted by molar-refractivity contribution is 5.77. The van der Waals surface area contributed by atoms with E-state index in [9.17, 15) is 20.1 Å². The minimum absolute atomic E-state index is 0.221. The SMILES string of the molecule is CCCOC(=O)C(C)(C)[C@@H](O)C=C[C@@H](C)[C@H]1CC[C@H]2C(=CC=C3C[C@@H](O)C[C@H](O)C3)CCC[C@]12C. The van der Waals surface area contributed by atoms with E-state index in [2.05, 4.69) is 32.1 Å². The molecule has 35 heavy (non-hydrogen) atoms. The van der Waals surface area contributed by atoms with Crippen LogP contribution in [-0.2, 0) is 9.53 Å². The Labute approximate surface area is 212 Å². The van der Waals surface area contributed by atoms with Gasteiger partial charge in [-0.15, -0.1) is 0 Å². The molecule has 0 aliphatic heterocycles. The van der Waals surface area contributed by atoms with Crippen molar-refractivity contribution in [2.75, 3.05) is 6.61 Å². The molecule has 0 aromatic heterocycles. The topological polar surface area (TPSA) is 87.0 Å². The fraction of sp³-hybridized carbons (Fsp3) is 0.767. The second-order valence-corrected chi connectivity index (χ2v) is 12.2. The molecule has 7 atom stereocenters. The Morgan fingerprint density at radius 3 is 2.51 bits per heavy atom. The van der Waals surface area contributed by atoms with Crippen LogP contribution in [0.4, 0.5) is 0 Å². The highest BCUT2D eigenvalue weighted by Crippen LogP contribution is 2.59. The second-order valence-electron chi connectivity index (χ2n) is 12.2. The van der Waals surface area contributed by atoms with E-state index in [1.165, 1.54) is 24.8 Å². The molecule has 0 heterocycles. The van der Waals surface area contributed by atoms with Gasteiger partial charge >= 0.3 is 5.97 Å². The fourth-order valence-corrected chi connectivity index (χ4v) is 6.83. The first-order valence-corrected chi connectivity index (χ1v) is 13.8. The highest BCUT2D eigenvalue weighted by Gasteiger charge is 2.50. The van der Waals surface area contributed by atoms with Crippen molar-refractivity contribution in [3.8, 4) is 0 Å². The Morgan fingerprint density at radius 1 is 1.17 bits per heavy atom. The van der Waals surface area contributed by atoms with Gasteiger partial charge in [-0.3, -0.25) is 4.79 Å². The van der Waals surface area contributed by atoms with E-state index in [0.29, 0.717) is 43.6 Å². The summed E-state index contributed by atoms with van der Waals surface area (Å²) in [6.07, 6.45) is 15.1. The quantitative estimate of drug-likeness (QED) is 0.310. The molecular formula is C30H48O5. The van der Waals surface area contributed by atoms with Crippen LogP contribution in [0.1, 0.15) is 92.4 Å². The van der Waals surface area contributed by atoms with Gasteiger partial charge in [0.25, 0.3) is 0 Å². The van der Waals surface area contributed by atoms with E-state index in [-0.39, 0.29) is 11.4 Å². The third-order valence-corrected chi connectivity index (χ3v) is 9.05. The summed E-state index contributed by atoms with van der Waals surface area (Å²) in [7, 11) is 0. The van der Waals surface area contributed by atoms with Crippen LogP contribution in [0.2, 0.25) is 0 Å². The monoisotopic (exact) mass is 488 g/mol. The molecule has 0 saturated heterocycles. The first-order chi connectivity index (χ1) is 16.5. The summed E-state index contributed by atoms with van der Waals surface area (Å²) in [6, 6.07) is 0. The van der Waals surface area contributed by atoms with Crippen LogP contribution >= 0.6 is 0 Å². The van der Waals surface area contributed by atoms with Gasteiger partial charge in [0, 0.05) is 0 Å². The molecule has 0 spiro atoms. The lowest BCUT2D eigenvalue weighted by atomic mass is 9.61. The Bertz CT molecular complexity index is 813. The molecule has 0 aromatic rings. The number of hydrogen-bond acceptors (Lipinski definition) is 5. The molecule has 0 radical (unpaired) electrons. The normalized spacial score (nSPS) is 34.6. The standard InChI is InChI=1S/C30H48O5/c1-6-16-35-28(34)29(3,4)27(33)14-9-20(2)25-12-13-26-22(8-7-15-30(25,26)5)11-10-21-17-23(31)19-24(32)18-21/h9-11,14,20,23-27,31-33H,6-8,12-13,15-19H2,1-5H3/t20-,23-,24-,25-,26+,27+,30-/m1/s1. The molecule has 5 nitrogen and oxygen atoms in total. The van der Waals surface area contributed by atoms with E-state index in [0.717, 1.165) is 24.8 Å². The average molecular weight is 489 g/mol. The van der Waals surface area contributed by atoms with Gasteiger partial charge in [0.15, 0.2) is 0 Å². The molecule has 0 unspecified atom stereocenters. The van der Waals surface area contributed by atoms with Crippen molar-refractivity contribution in [3.63, 3.8) is 0 Å². The van der Waals surface area contributed by atoms with Crippen LogP contribution in [0.15, 0.2) is 35.5 Å². The summed E-state index contributed by atoms with van der Waals surface area (Å²) < 4.78 is 5.29. The summed E-state index contributed by atoms with van der Waals surface area (Å²) >= 11 is 0. The molecule has 0 bridgehead atoms. The van der Waals surface area contributed by atoms with Crippen molar-refractivity contribution in [2.45, 2.75) is 111 Å². The van der Waals surface area contributed by atoms with Gasteiger partial charge in [0.2, 0.25) is 0 Å². The molecular weight excluding hydrogens is 440 g/mol. The van der Waals surface area contributed by atoms with Crippen LogP contribution < -0.4 is 0 Å². The zero-order valence-corrected chi connectivity index (χ0v) is 22.5. The Hall–Kier alpha value is -1.43.